The zero-order valence-corrected chi connectivity index (χ0v) is 18.7. The predicted octanol–water partition coefficient (Wildman–Crippen LogP) is 4.71. The molecular formula is C25H24N4O4. The number of hydrogen-bond acceptors (Lipinski definition) is 6. The number of amides is 1. The lowest BCUT2D eigenvalue weighted by Crippen LogP contribution is -2.15. The largest absolute Gasteiger partial charge is 0.495 e. The fraction of sp³-hybridized carbons (Fsp3) is 0.240. The van der Waals surface area contributed by atoms with Crippen LogP contribution < -0.4 is 19.5 Å². The van der Waals surface area contributed by atoms with Gasteiger partial charge in [-0.15, -0.1) is 0 Å². The Morgan fingerprint density at radius 2 is 1.88 bits per heavy atom. The molecule has 5 rings (SSSR count). The maximum absolute atomic E-state index is 13.4. The van der Waals surface area contributed by atoms with Crippen molar-refractivity contribution in [2.24, 2.45) is 0 Å². The van der Waals surface area contributed by atoms with E-state index in [-0.39, 0.29) is 11.9 Å². The van der Waals surface area contributed by atoms with Gasteiger partial charge in [0.25, 0.3) is 5.91 Å². The zero-order valence-electron chi connectivity index (χ0n) is 18.7. The third kappa shape index (κ3) is 3.84. The summed E-state index contributed by atoms with van der Waals surface area (Å²) < 4.78 is 18.6. The topological polar surface area (TPSA) is 87.5 Å². The van der Waals surface area contributed by atoms with Crippen molar-refractivity contribution in [2.75, 3.05) is 25.6 Å². The molecule has 0 aliphatic carbocycles. The van der Waals surface area contributed by atoms with Crippen LogP contribution in [0.15, 0.2) is 54.7 Å². The van der Waals surface area contributed by atoms with Gasteiger partial charge in [-0.1, -0.05) is 12.1 Å². The van der Waals surface area contributed by atoms with E-state index in [9.17, 15) is 4.79 Å². The lowest BCUT2D eigenvalue weighted by molar-refractivity contribution is 0.102. The van der Waals surface area contributed by atoms with E-state index >= 15 is 0 Å². The number of ether oxygens (including phenoxy) is 3. The van der Waals surface area contributed by atoms with Gasteiger partial charge in [-0.3, -0.25) is 4.79 Å². The molecule has 2 aromatic heterocycles. The van der Waals surface area contributed by atoms with Gasteiger partial charge in [-0.05, 0) is 50.2 Å². The quantitative estimate of drug-likeness (QED) is 0.480. The van der Waals surface area contributed by atoms with E-state index in [1.165, 1.54) is 0 Å². The summed E-state index contributed by atoms with van der Waals surface area (Å²) in [6.07, 6.45) is 1.69. The lowest BCUT2D eigenvalue weighted by atomic mass is 10.1. The van der Waals surface area contributed by atoms with Gasteiger partial charge in [0.15, 0.2) is 17.1 Å². The highest BCUT2D eigenvalue weighted by Crippen LogP contribution is 2.35. The molecule has 0 saturated heterocycles. The fourth-order valence-corrected chi connectivity index (χ4v) is 3.87. The number of rotatable bonds is 5. The maximum atomic E-state index is 13.4. The Balaban J connectivity index is 1.63. The molecular weight excluding hydrogens is 420 g/mol. The van der Waals surface area contributed by atoms with Crippen molar-refractivity contribution in [3.8, 4) is 28.5 Å². The van der Waals surface area contributed by atoms with Crippen LogP contribution >= 0.6 is 0 Å². The maximum Gasteiger partial charge on any atom is 0.256 e. The number of aromatic nitrogens is 3. The number of para-hydroxylation sites is 2. The Morgan fingerprint density at radius 3 is 2.67 bits per heavy atom. The van der Waals surface area contributed by atoms with Gasteiger partial charge in [-0.2, -0.15) is 5.10 Å². The first-order valence-electron chi connectivity index (χ1n) is 10.8. The molecule has 1 amide bonds. The van der Waals surface area contributed by atoms with Gasteiger partial charge in [0.1, 0.15) is 19.0 Å². The lowest BCUT2D eigenvalue weighted by Gasteiger charge is -2.19. The summed E-state index contributed by atoms with van der Waals surface area (Å²) in [5.74, 6) is 1.68. The third-order valence-electron chi connectivity index (χ3n) is 5.49. The van der Waals surface area contributed by atoms with Crippen LogP contribution in [-0.2, 0) is 0 Å². The molecule has 8 heteroatoms. The van der Waals surface area contributed by atoms with E-state index in [1.807, 2.05) is 48.9 Å². The number of benzene rings is 2. The summed E-state index contributed by atoms with van der Waals surface area (Å²) in [7, 11) is 1.57. The molecule has 4 aromatic rings. The van der Waals surface area contributed by atoms with Crippen LogP contribution in [0.3, 0.4) is 0 Å². The Bertz CT molecular complexity index is 1350. The highest BCUT2D eigenvalue weighted by molar-refractivity contribution is 6.13. The second-order valence-corrected chi connectivity index (χ2v) is 7.99. The van der Waals surface area contributed by atoms with Crippen molar-refractivity contribution < 1.29 is 19.0 Å². The second kappa shape index (κ2) is 8.46. The Labute approximate surface area is 191 Å². The molecule has 168 valence electrons. The fourth-order valence-electron chi connectivity index (χ4n) is 3.87. The summed E-state index contributed by atoms with van der Waals surface area (Å²) in [6.45, 7) is 5.08. The molecule has 0 saturated carbocycles. The van der Waals surface area contributed by atoms with Crippen LogP contribution in [0.5, 0.6) is 17.2 Å². The predicted molar refractivity (Wildman–Crippen MR) is 125 cm³/mol. The van der Waals surface area contributed by atoms with Crippen molar-refractivity contribution in [2.45, 2.75) is 19.9 Å². The summed E-state index contributed by atoms with van der Waals surface area (Å²) in [4.78, 5) is 18.3. The van der Waals surface area contributed by atoms with Crippen LogP contribution in [0.4, 0.5) is 5.69 Å². The SMILES string of the molecule is COc1ccccc1NC(=O)c1cc(-c2ccc3c(c2)OCCO3)nc2c1cnn2C(C)C. The van der Waals surface area contributed by atoms with E-state index in [0.717, 1.165) is 5.56 Å². The van der Waals surface area contributed by atoms with Crippen LogP contribution in [-0.4, -0.2) is 41.0 Å². The van der Waals surface area contributed by atoms with Gasteiger partial charge in [-0.25, -0.2) is 9.67 Å². The number of pyridine rings is 1. The van der Waals surface area contributed by atoms with Gasteiger partial charge in [0.05, 0.1) is 35.6 Å². The zero-order chi connectivity index (χ0) is 22.9. The summed E-state index contributed by atoms with van der Waals surface area (Å²) in [5.41, 5.74) is 3.17. The second-order valence-electron chi connectivity index (χ2n) is 7.99. The molecule has 3 heterocycles. The van der Waals surface area contributed by atoms with Crippen molar-refractivity contribution in [1.29, 1.82) is 0 Å². The van der Waals surface area contributed by atoms with Gasteiger partial charge in [0.2, 0.25) is 0 Å². The molecule has 1 aliphatic heterocycles. The molecule has 0 radical (unpaired) electrons. The van der Waals surface area contributed by atoms with Gasteiger partial charge in [0, 0.05) is 11.6 Å². The first-order chi connectivity index (χ1) is 16.0. The normalized spacial score (nSPS) is 12.7. The molecule has 1 aliphatic rings. The number of carbonyl (C=O) groups is 1. The average molecular weight is 444 g/mol. The van der Waals surface area contributed by atoms with Crippen LogP contribution in [0, 0.1) is 0 Å². The van der Waals surface area contributed by atoms with E-state index in [2.05, 4.69) is 10.4 Å². The van der Waals surface area contributed by atoms with E-state index in [4.69, 9.17) is 19.2 Å². The van der Waals surface area contributed by atoms with Crippen molar-refractivity contribution in [3.63, 3.8) is 0 Å². The first kappa shape index (κ1) is 20.8. The minimum atomic E-state index is -0.269. The molecule has 0 bridgehead atoms. The molecule has 0 atom stereocenters. The highest BCUT2D eigenvalue weighted by atomic mass is 16.6. The smallest absolute Gasteiger partial charge is 0.256 e. The summed E-state index contributed by atoms with van der Waals surface area (Å²) in [6, 6.07) is 14.8. The van der Waals surface area contributed by atoms with Crippen LogP contribution in [0.25, 0.3) is 22.3 Å². The molecule has 33 heavy (non-hydrogen) atoms. The molecule has 0 spiro atoms. The minimum absolute atomic E-state index is 0.0793. The third-order valence-corrected chi connectivity index (χ3v) is 5.49. The number of methoxy groups -OCH3 is 1. The molecule has 0 unspecified atom stereocenters. The molecule has 2 aromatic carbocycles. The number of fused-ring (bicyclic) bond motifs is 2. The average Bonchev–Trinajstić information content (AvgIpc) is 3.28. The summed E-state index contributed by atoms with van der Waals surface area (Å²) in [5, 5.41) is 8.13. The van der Waals surface area contributed by atoms with Crippen molar-refractivity contribution in [1.82, 2.24) is 14.8 Å². The molecule has 8 nitrogen and oxygen atoms in total. The monoisotopic (exact) mass is 444 g/mol. The minimum Gasteiger partial charge on any atom is -0.495 e. The van der Waals surface area contributed by atoms with Gasteiger partial charge < -0.3 is 19.5 Å². The van der Waals surface area contributed by atoms with E-state index in [1.54, 1.807) is 31.5 Å². The number of carbonyl (C=O) groups excluding carboxylic acids is 1. The molecule has 1 N–H and O–H groups in total. The van der Waals surface area contributed by atoms with Crippen molar-refractivity contribution in [3.05, 3.63) is 60.3 Å². The van der Waals surface area contributed by atoms with Crippen molar-refractivity contribution >= 4 is 22.6 Å². The van der Waals surface area contributed by atoms with Crippen LogP contribution in [0.1, 0.15) is 30.2 Å². The number of hydrogen-bond donors (Lipinski definition) is 1. The Morgan fingerprint density at radius 1 is 1.09 bits per heavy atom. The number of anilines is 1. The highest BCUT2D eigenvalue weighted by Gasteiger charge is 2.21. The summed E-state index contributed by atoms with van der Waals surface area (Å²) >= 11 is 0. The Hall–Kier alpha value is -4.07. The first-order valence-corrected chi connectivity index (χ1v) is 10.8. The van der Waals surface area contributed by atoms with E-state index in [0.29, 0.717) is 58.4 Å². The van der Waals surface area contributed by atoms with E-state index < -0.39 is 0 Å². The van der Waals surface area contributed by atoms with Gasteiger partial charge >= 0.3 is 0 Å². The molecule has 0 fully saturated rings. The standard InChI is InChI=1S/C25H24N4O4/c1-15(2)29-24-18(14-26-29)17(25(30)28-19-6-4-5-7-21(19)31-3)13-20(27-24)16-8-9-22-23(12-16)33-11-10-32-22/h4-9,12-15H,10-11H2,1-3H3,(H,28,30). The Kier molecular flexibility index (Phi) is 5.34. The number of nitrogens with zero attached hydrogens (tertiary/aromatic N) is 3. The number of nitrogens with one attached hydrogen (secondary N) is 1. The van der Waals surface area contributed by atoms with Crippen LogP contribution in [0.2, 0.25) is 0 Å².